The first-order valence-electron chi connectivity index (χ1n) is 15.0. The molecule has 5 heterocycles. The molecule has 5 nitrogen and oxygen atoms in total. The summed E-state index contributed by atoms with van der Waals surface area (Å²) in [7, 11) is 0. The van der Waals surface area contributed by atoms with Gasteiger partial charge in [-0.25, -0.2) is 9.97 Å². The van der Waals surface area contributed by atoms with Crippen LogP contribution in [0.15, 0.2) is 152 Å². The van der Waals surface area contributed by atoms with Crippen molar-refractivity contribution in [3.8, 4) is 39.5 Å². The van der Waals surface area contributed by atoms with Crippen LogP contribution in [0.4, 0.5) is 0 Å². The molecule has 0 atom stereocenters. The number of fused-ring (bicyclic) bond motifs is 6. The Morgan fingerprint density at radius 1 is 0.467 bits per heavy atom. The number of rotatable bonds is 4. The van der Waals surface area contributed by atoms with Gasteiger partial charge in [-0.15, -0.1) is 0 Å². The van der Waals surface area contributed by atoms with Gasteiger partial charge < -0.3 is 0 Å². The molecule has 0 radical (unpaired) electrons. The average Bonchev–Trinajstić information content (AvgIpc) is 3.46. The van der Waals surface area contributed by atoms with E-state index in [0.29, 0.717) is 0 Å². The van der Waals surface area contributed by atoms with E-state index >= 15 is 0 Å². The minimum atomic E-state index is 0.863. The van der Waals surface area contributed by atoms with Crippen LogP contribution in [0.25, 0.3) is 82.9 Å². The normalized spacial score (nSPS) is 11.6. The molecule has 0 spiro atoms. The Morgan fingerprint density at radius 3 is 2.07 bits per heavy atom. The van der Waals surface area contributed by atoms with Gasteiger partial charge in [0.05, 0.1) is 27.9 Å². The molecule has 0 N–H and O–H groups in total. The second kappa shape index (κ2) is 10.2. The third kappa shape index (κ3) is 4.25. The minimum Gasteiger partial charge on any atom is -0.294 e. The number of nitrogens with zero attached hydrogens (tertiary/aromatic N) is 5. The lowest BCUT2D eigenvalue weighted by atomic mass is 10.0. The Hall–Kier alpha value is -6.20. The van der Waals surface area contributed by atoms with Crippen LogP contribution in [0.3, 0.4) is 0 Å². The molecule has 0 amide bonds. The van der Waals surface area contributed by atoms with Gasteiger partial charge in [-0.2, -0.15) is 0 Å². The van der Waals surface area contributed by atoms with Crippen LogP contribution in [-0.2, 0) is 0 Å². The Balaban J connectivity index is 1.19. The maximum Gasteiger partial charge on any atom is 0.137 e. The van der Waals surface area contributed by atoms with Crippen molar-refractivity contribution in [2.45, 2.75) is 0 Å². The lowest BCUT2D eigenvalue weighted by molar-refractivity contribution is 1.08. The molecule has 45 heavy (non-hydrogen) atoms. The summed E-state index contributed by atoms with van der Waals surface area (Å²) in [4.78, 5) is 19.0. The van der Waals surface area contributed by atoms with E-state index in [1.165, 1.54) is 21.5 Å². The topological polar surface area (TPSA) is 56.5 Å². The van der Waals surface area contributed by atoms with Crippen LogP contribution in [-0.4, -0.2) is 24.5 Å². The summed E-state index contributed by atoms with van der Waals surface area (Å²) < 4.78 is 2.26. The summed E-state index contributed by atoms with van der Waals surface area (Å²) in [6, 6.07) is 44.3. The largest absolute Gasteiger partial charge is 0.294 e. The molecule has 0 unspecified atom stereocenters. The first-order valence-corrected chi connectivity index (χ1v) is 15.0. The van der Waals surface area contributed by atoms with Crippen molar-refractivity contribution < 1.29 is 0 Å². The lowest BCUT2D eigenvalue weighted by Crippen LogP contribution is -1.97. The Labute approximate surface area is 259 Å². The van der Waals surface area contributed by atoms with Gasteiger partial charge >= 0.3 is 0 Å². The predicted octanol–water partition coefficient (Wildman–Crippen LogP) is 9.67. The number of hydrogen-bond donors (Lipinski definition) is 0. The van der Waals surface area contributed by atoms with E-state index in [4.69, 9.17) is 15.0 Å². The molecule has 0 aliphatic rings. The zero-order valence-corrected chi connectivity index (χ0v) is 24.2. The first-order chi connectivity index (χ1) is 22.3. The highest BCUT2D eigenvalue weighted by atomic mass is 15.1. The zero-order chi connectivity index (χ0) is 29.7. The lowest BCUT2D eigenvalue weighted by Gasteiger charge is -2.09. The van der Waals surface area contributed by atoms with Crippen molar-refractivity contribution in [1.82, 2.24) is 24.5 Å². The monoisotopic (exact) mass is 575 g/mol. The molecule has 0 bridgehead atoms. The summed E-state index contributed by atoms with van der Waals surface area (Å²) in [5, 5.41) is 5.92. The third-order valence-electron chi connectivity index (χ3n) is 8.58. The van der Waals surface area contributed by atoms with E-state index in [9.17, 15) is 0 Å². The van der Waals surface area contributed by atoms with Crippen molar-refractivity contribution >= 4 is 43.5 Å². The fourth-order valence-corrected chi connectivity index (χ4v) is 6.36. The second-order valence-electron chi connectivity index (χ2n) is 11.2. The molecule has 5 aromatic heterocycles. The van der Waals surface area contributed by atoms with Gasteiger partial charge in [-0.3, -0.25) is 14.5 Å². The van der Waals surface area contributed by atoms with E-state index in [0.717, 1.165) is 61.4 Å². The average molecular weight is 576 g/mol. The van der Waals surface area contributed by atoms with Gasteiger partial charge in [0.15, 0.2) is 0 Å². The van der Waals surface area contributed by atoms with Crippen molar-refractivity contribution in [1.29, 1.82) is 0 Å². The van der Waals surface area contributed by atoms with E-state index in [1.807, 2.05) is 42.9 Å². The van der Waals surface area contributed by atoms with Crippen LogP contribution < -0.4 is 0 Å². The molecule has 0 aliphatic carbocycles. The molecule has 210 valence electrons. The molecule has 0 aliphatic heterocycles. The van der Waals surface area contributed by atoms with E-state index in [2.05, 4.69) is 113 Å². The van der Waals surface area contributed by atoms with E-state index in [-0.39, 0.29) is 0 Å². The van der Waals surface area contributed by atoms with Gasteiger partial charge in [0, 0.05) is 63.2 Å². The number of aromatic nitrogens is 5. The number of pyridine rings is 4. The second-order valence-corrected chi connectivity index (χ2v) is 11.2. The van der Waals surface area contributed by atoms with Gasteiger partial charge in [-0.05, 0) is 65.4 Å². The van der Waals surface area contributed by atoms with Gasteiger partial charge in [0.25, 0.3) is 0 Å². The maximum atomic E-state index is 4.98. The number of para-hydroxylation sites is 1. The van der Waals surface area contributed by atoms with E-state index in [1.54, 1.807) is 6.20 Å². The Morgan fingerprint density at radius 2 is 1.22 bits per heavy atom. The maximum absolute atomic E-state index is 4.98. The first kappa shape index (κ1) is 25.3. The molecule has 9 rings (SSSR count). The van der Waals surface area contributed by atoms with Gasteiger partial charge in [0.1, 0.15) is 5.82 Å². The zero-order valence-electron chi connectivity index (χ0n) is 24.2. The third-order valence-corrected chi connectivity index (χ3v) is 8.58. The number of benzene rings is 4. The van der Waals surface area contributed by atoms with Crippen molar-refractivity contribution in [3.63, 3.8) is 0 Å². The molecule has 0 saturated carbocycles. The predicted molar refractivity (Wildman–Crippen MR) is 183 cm³/mol. The molecule has 9 aromatic rings. The SMILES string of the molecule is c1cncc(-c2ccc(-c3ccc4c(c3)c3c5ccccc5ccc3n4-c3ccc(-c4ccc5ccccc5n4)cn3)nc2)c1. The van der Waals surface area contributed by atoms with E-state index < -0.39 is 0 Å². The molecule has 0 saturated heterocycles. The van der Waals surface area contributed by atoms with Crippen molar-refractivity contribution in [2.24, 2.45) is 0 Å². The molecule has 0 fully saturated rings. The van der Waals surface area contributed by atoms with Gasteiger partial charge in [0.2, 0.25) is 0 Å². The van der Waals surface area contributed by atoms with Crippen molar-refractivity contribution in [2.75, 3.05) is 0 Å². The summed E-state index contributed by atoms with van der Waals surface area (Å²) in [6.07, 6.45) is 7.49. The van der Waals surface area contributed by atoms with Crippen LogP contribution in [0, 0.1) is 0 Å². The minimum absolute atomic E-state index is 0.863. The van der Waals surface area contributed by atoms with Crippen LogP contribution >= 0.6 is 0 Å². The Kier molecular flexibility index (Phi) is 5.74. The van der Waals surface area contributed by atoms with Crippen molar-refractivity contribution in [3.05, 3.63) is 152 Å². The Bertz CT molecular complexity index is 2520. The quantitative estimate of drug-likeness (QED) is 0.210. The number of hydrogen-bond acceptors (Lipinski definition) is 4. The summed E-state index contributed by atoms with van der Waals surface area (Å²) in [6.45, 7) is 0. The summed E-state index contributed by atoms with van der Waals surface area (Å²) >= 11 is 0. The highest BCUT2D eigenvalue weighted by Gasteiger charge is 2.17. The summed E-state index contributed by atoms with van der Waals surface area (Å²) in [5.41, 5.74) is 9.18. The summed E-state index contributed by atoms with van der Waals surface area (Å²) in [5.74, 6) is 0.863. The van der Waals surface area contributed by atoms with Gasteiger partial charge in [-0.1, -0.05) is 72.8 Å². The molecular formula is C40H25N5. The molecule has 5 heteroatoms. The fraction of sp³-hybridized carbons (Fsp3) is 0. The smallest absolute Gasteiger partial charge is 0.137 e. The fourth-order valence-electron chi connectivity index (χ4n) is 6.36. The van der Waals surface area contributed by atoms with Crippen LogP contribution in [0.2, 0.25) is 0 Å². The van der Waals surface area contributed by atoms with Crippen LogP contribution in [0.1, 0.15) is 0 Å². The van der Waals surface area contributed by atoms with Crippen LogP contribution in [0.5, 0.6) is 0 Å². The highest BCUT2D eigenvalue weighted by molar-refractivity contribution is 6.21. The molecule has 4 aromatic carbocycles. The molecular weight excluding hydrogens is 550 g/mol. The standard InChI is InChI=1S/C40H25N5/c1-3-9-32-26(6-1)13-19-38-40(32)33-22-28(34-16-12-30(24-42-34)29-8-5-21-41-23-29)14-18-37(33)45(38)39-20-15-31(25-43-39)36-17-11-27-7-2-4-10-35(27)44-36/h1-25H. The highest BCUT2D eigenvalue weighted by Crippen LogP contribution is 2.38.